The number of benzene rings is 1. The summed E-state index contributed by atoms with van der Waals surface area (Å²) >= 11 is 0. The third-order valence-electron chi connectivity index (χ3n) is 3.71. The van der Waals surface area contributed by atoms with Gasteiger partial charge in [0, 0.05) is 30.9 Å². The van der Waals surface area contributed by atoms with E-state index in [1.165, 1.54) is 18.2 Å². The Morgan fingerprint density at radius 1 is 1.23 bits per heavy atom. The molecule has 9 heteroatoms. The first kappa shape index (κ1) is 25.8. The van der Waals surface area contributed by atoms with Crippen LogP contribution in [0.1, 0.15) is 58.4 Å². The molecule has 0 bridgehead atoms. The molecular formula is C22H29FN2O6. The number of carbonyl (C=O) groups is 3. The molecule has 0 saturated heterocycles. The second kappa shape index (κ2) is 12.4. The zero-order valence-corrected chi connectivity index (χ0v) is 18.0. The SMILES string of the molecule is CC(C)(C)OC(=O)N[C@@H](CCC(N)=O)COc1cc(F)cc(C#CCCCC(=O)O)c1. The van der Waals surface area contributed by atoms with Crippen LogP contribution in [-0.4, -0.2) is 41.3 Å². The van der Waals surface area contributed by atoms with Gasteiger partial charge in [0.25, 0.3) is 0 Å². The predicted octanol–water partition coefficient (Wildman–Crippen LogP) is 2.97. The Balaban J connectivity index is 2.76. The number of hydrogen-bond donors (Lipinski definition) is 3. The normalized spacial score (nSPS) is 11.6. The second-order valence-electron chi connectivity index (χ2n) is 7.88. The van der Waals surface area contributed by atoms with E-state index in [0.29, 0.717) is 18.4 Å². The van der Waals surface area contributed by atoms with Crippen molar-refractivity contribution < 1.29 is 33.4 Å². The number of halogens is 1. The molecular weight excluding hydrogens is 407 g/mol. The molecule has 1 atom stereocenters. The largest absolute Gasteiger partial charge is 0.491 e. The smallest absolute Gasteiger partial charge is 0.407 e. The molecule has 0 radical (unpaired) electrons. The molecule has 0 aromatic heterocycles. The molecule has 1 aromatic carbocycles. The van der Waals surface area contributed by atoms with Crippen LogP contribution in [0.4, 0.5) is 9.18 Å². The topological polar surface area (TPSA) is 128 Å². The summed E-state index contributed by atoms with van der Waals surface area (Å²) in [6, 6.07) is 3.36. The lowest BCUT2D eigenvalue weighted by Gasteiger charge is -2.23. The van der Waals surface area contributed by atoms with Gasteiger partial charge in [-0.3, -0.25) is 9.59 Å². The third-order valence-corrected chi connectivity index (χ3v) is 3.71. The summed E-state index contributed by atoms with van der Waals surface area (Å²) in [6.45, 7) is 5.12. The highest BCUT2D eigenvalue weighted by atomic mass is 19.1. The number of amides is 2. The molecule has 0 aliphatic rings. The predicted molar refractivity (Wildman–Crippen MR) is 112 cm³/mol. The van der Waals surface area contributed by atoms with Gasteiger partial charge in [0.2, 0.25) is 5.91 Å². The molecule has 170 valence electrons. The quantitative estimate of drug-likeness (QED) is 0.382. The maximum Gasteiger partial charge on any atom is 0.407 e. The number of hydrogen-bond acceptors (Lipinski definition) is 5. The van der Waals surface area contributed by atoms with E-state index >= 15 is 0 Å². The van der Waals surface area contributed by atoms with E-state index in [1.807, 2.05) is 0 Å². The summed E-state index contributed by atoms with van der Waals surface area (Å²) in [5.74, 6) is 3.79. The van der Waals surface area contributed by atoms with Crippen LogP contribution in [0.3, 0.4) is 0 Å². The number of nitrogens with two attached hydrogens (primary N) is 1. The number of primary amides is 1. The van der Waals surface area contributed by atoms with E-state index in [4.69, 9.17) is 20.3 Å². The van der Waals surface area contributed by atoms with E-state index in [1.54, 1.807) is 20.8 Å². The Bertz CT molecular complexity index is 839. The molecule has 0 saturated carbocycles. The summed E-state index contributed by atoms with van der Waals surface area (Å²) in [7, 11) is 0. The standard InChI is InChI=1S/C22H29FN2O6/c1-22(2,3)31-21(29)25-17(9-10-19(24)26)14-30-18-12-15(11-16(23)13-18)7-5-4-6-8-20(27)28/h11-13,17H,4,6,8-10,14H2,1-3H3,(H2,24,26)(H,25,29)(H,27,28)/t17-/m0/s1. The van der Waals surface area contributed by atoms with Crippen LogP contribution >= 0.6 is 0 Å². The van der Waals surface area contributed by atoms with Crippen LogP contribution < -0.4 is 15.8 Å². The minimum absolute atomic E-state index is 0.0174. The van der Waals surface area contributed by atoms with Gasteiger partial charge >= 0.3 is 12.1 Å². The molecule has 31 heavy (non-hydrogen) atoms. The number of unbranched alkanes of at least 4 members (excludes halogenated alkanes) is 1. The number of ether oxygens (including phenoxy) is 2. The van der Waals surface area contributed by atoms with Gasteiger partial charge in [-0.05, 0) is 45.7 Å². The van der Waals surface area contributed by atoms with E-state index in [0.717, 1.165) is 0 Å². The van der Waals surface area contributed by atoms with Crippen molar-refractivity contribution in [3.8, 4) is 17.6 Å². The summed E-state index contributed by atoms with van der Waals surface area (Å²) in [6.07, 6.45) is 0.370. The number of rotatable bonds is 10. The van der Waals surface area contributed by atoms with Crippen molar-refractivity contribution in [1.29, 1.82) is 0 Å². The first-order valence-electron chi connectivity index (χ1n) is 9.86. The summed E-state index contributed by atoms with van der Waals surface area (Å²) in [5.41, 5.74) is 4.86. The van der Waals surface area contributed by atoms with Gasteiger partial charge < -0.3 is 25.6 Å². The molecule has 1 aromatic rings. The lowest BCUT2D eigenvalue weighted by molar-refractivity contribution is -0.137. The Morgan fingerprint density at radius 2 is 1.94 bits per heavy atom. The van der Waals surface area contributed by atoms with Gasteiger partial charge in [0.15, 0.2) is 0 Å². The van der Waals surface area contributed by atoms with Gasteiger partial charge in [0.1, 0.15) is 23.8 Å². The molecule has 0 aliphatic heterocycles. The zero-order valence-electron chi connectivity index (χ0n) is 18.0. The van der Waals surface area contributed by atoms with Gasteiger partial charge in [0.05, 0.1) is 6.04 Å². The monoisotopic (exact) mass is 436 g/mol. The Morgan fingerprint density at radius 3 is 2.55 bits per heavy atom. The molecule has 4 N–H and O–H groups in total. The molecule has 0 spiro atoms. The number of alkyl carbamates (subject to hydrolysis) is 1. The Hall–Kier alpha value is -3.28. The molecule has 0 aliphatic carbocycles. The van der Waals surface area contributed by atoms with Crippen molar-refractivity contribution in [1.82, 2.24) is 5.32 Å². The van der Waals surface area contributed by atoms with Crippen LogP contribution in [0.25, 0.3) is 0 Å². The zero-order chi connectivity index (χ0) is 23.4. The number of carboxylic acid groups (broad SMARTS) is 1. The van der Waals surface area contributed by atoms with E-state index in [9.17, 15) is 18.8 Å². The average molecular weight is 436 g/mol. The van der Waals surface area contributed by atoms with Crippen molar-refractivity contribution in [2.45, 2.75) is 64.5 Å². The van der Waals surface area contributed by atoms with Crippen molar-refractivity contribution in [2.24, 2.45) is 5.73 Å². The van der Waals surface area contributed by atoms with Crippen LogP contribution in [-0.2, 0) is 14.3 Å². The minimum atomic E-state index is -0.894. The lowest BCUT2D eigenvalue weighted by Crippen LogP contribution is -2.42. The minimum Gasteiger partial charge on any atom is -0.491 e. The Kier molecular flexibility index (Phi) is 10.3. The maximum atomic E-state index is 13.9. The van der Waals surface area contributed by atoms with Gasteiger partial charge in [-0.2, -0.15) is 0 Å². The number of carboxylic acids is 1. The average Bonchev–Trinajstić information content (AvgIpc) is 2.61. The van der Waals surface area contributed by atoms with Crippen molar-refractivity contribution in [2.75, 3.05) is 6.61 Å². The summed E-state index contributed by atoms with van der Waals surface area (Å²) in [4.78, 5) is 33.6. The molecule has 2 amide bonds. The van der Waals surface area contributed by atoms with Crippen molar-refractivity contribution >= 4 is 18.0 Å². The molecule has 0 unspecified atom stereocenters. The molecule has 0 heterocycles. The van der Waals surface area contributed by atoms with Gasteiger partial charge in [-0.15, -0.1) is 0 Å². The van der Waals surface area contributed by atoms with Crippen LogP contribution in [0.2, 0.25) is 0 Å². The second-order valence-corrected chi connectivity index (χ2v) is 7.88. The van der Waals surface area contributed by atoms with Crippen LogP contribution in [0.5, 0.6) is 5.75 Å². The fourth-order valence-corrected chi connectivity index (χ4v) is 2.40. The number of aliphatic carboxylic acids is 1. The third kappa shape index (κ3) is 12.8. The highest BCUT2D eigenvalue weighted by Crippen LogP contribution is 2.17. The Labute approximate surface area is 181 Å². The fourth-order valence-electron chi connectivity index (χ4n) is 2.40. The molecule has 1 rings (SSSR count). The van der Waals surface area contributed by atoms with E-state index < -0.39 is 35.4 Å². The summed E-state index contributed by atoms with van der Waals surface area (Å²) < 4.78 is 24.7. The van der Waals surface area contributed by atoms with Crippen molar-refractivity contribution in [3.05, 3.63) is 29.6 Å². The fraction of sp³-hybridized carbons (Fsp3) is 0.500. The van der Waals surface area contributed by atoms with Crippen molar-refractivity contribution in [3.63, 3.8) is 0 Å². The van der Waals surface area contributed by atoms with Gasteiger partial charge in [-0.25, -0.2) is 9.18 Å². The first-order chi connectivity index (χ1) is 14.4. The van der Waals surface area contributed by atoms with Crippen LogP contribution in [0.15, 0.2) is 18.2 Å². The number of nitrogens with one attached hydrogen (secondary N) is 1. The highest BCUT2D eigenvalue weighted by Gasteiger charge is 2.20. The first-order valence-corrected chi connectivity index (χ1v) is 9.86. The number of carbonyl (C=O) groups excluding carboxylic acids is 2. The lowest BCUT2D eigenvalue weighted by atomic mass is 10.1. The molecule has 0 fully saturated rings. The van der Waals surface area contributed by atoms with E-state index in [2.05, 4.69) is 17.2 Å². The summed E-state index contributed by atoms with van der Waals surface area (Å²) in [5, 5.41) is 11.2. The van der Waals surface area contributed by atoms with Crippen LogP contribution in [0, 0.1) is 17.7 Å². The highest BCUT2D eigenvalue weighted by molar-refractivity contribution is 5.74. The van der Waals surface area contributed by atoms with E-state index in [-0.39, 0.29) is 31.6 Å². The van der Waals surface area contributed by atoms with Gasteiger partial charge in [-0.1, -0.05) is 11.8 Å². The maximum absolute atomic E-state index is 13.9. The molecule has 8 nitrogen and oxygen atoms in total.